The van der Waals surface area contributed by atoms with Gasteiger partial charge in [-0.1, -0.05) is 6.07 Å². The lowest BCUT2D eigenvalue weighted by atomic mass is 9.99. The smallest absolute Gasteiger partial charge is 0.307 e. The lowest BCUT2D eigenvalue weighted by Crippen LogP contribution is -2.18. The van der Waals surface area contributed by atoms with Crippen molar-refractivity contribution in [2.75, 3.05) is 6.61 Å². The van der Waals surface area contributed by atoms with Crippen LogP contribution in [0, 0.1) is 12.7 Å². The lowest BCUT2D eigenvalue weighted by molar-refractivity contribution is -0.143. The summed E-state index contributed by atoms with van der Waals surface area (Å²) in [7, 11) is 0. The number of carbonyl (C=O) groups is 1. The topological polar surface area (TPSA) is 52.3 Å². The molecule has 16 heavy (non-hydrogen) atoms. The van der Waals surface area contributed by atoms with Crippen molar-refractivity contribution in [1.82, 2.24) is 0 Å². The molecule has 0 aliphatic carbocycles. The van der Waals surface area contributed by atoms with Gasteiger partial charge in [0.25, 0.3) is 0 Å². The average Bonchev–Trinajstić information content (AvgIpc) is 2.17. The van der Waals surface area contributed by atoms with Gasteiger partial charge in [-0.2, -0.15) is 0 Å². The first-order chi connectivity index (χ1) is 7.54. The summed E-state index contributed by atoms with van der Waals surface area (Å²) in [5.74, 6) is -0.636. The number of carbonyl (C=O) groups excluding carboxylic acids is 1. The second kappa shape index (κ2) is 5.61. The van der Waals surface area contributed by atoms with E-state index in [-0.39, 0.29) is 18.2 Å². The monoisotopic (exact) mass is 225 g/mol. The Hall–Kier alpha value is -1.42. The number of rotatable bonds is 4. The van der Waals surface area contributed by atoms with E-state index in [1.54, 1.807) is 19.9 Å². The van der Waals surface area contributed by atoms with Crippen LogP contribution in [-0.2, 0) is 9.53 Å². The van der Waals surface area contributed by atoms with Gasteiger partial charge in [-0.25, -0.2) is 4.39 Å². The van der Waals surface area contributed by atoms with Crippen LogP contribution in [0.3, 0.4) is 0 Å². The van der Waals surface area contributed by atoms with Gasteiger partial charge in [0.15, 0.2) is 0 Å². The molecule has 0 aromatic heterocycles. The van der Waals surface area contributed by atoms with Gasteiger partial charge in [-0.15, -0.1) is 0 Å². The van der Waals surface area contributed by atoms with Gasteiger partial charge in [0.2, 0.25) is 0 Å². The van der Waals surface area contributed by atoms with Crippen molar-refractivity contribution in [2.24, 2.45) is 5.73 Å². The first-order valence-electron chi connectivity index (χ1n) is 5.21. The summed E-state index contributed by atoms with van der Waals surface area (Å²) in [4.78, 5) is 11.2. The van der Waals surface area contributed by atoms with Crippen molar-refractivity contribution >= 4 is 5.97 Å². The summed E-state index contributed by atoms with van der Waals surface area (Å²) >= 11 is 0. The van der Waals surface area contributed by atoms with Crippen molar-refractivity contribution in [2.45, 2.75) is 26.3 Å². The molecular formula is C12H16FNO2. The molecule has 1 unspecified atom stereocenters. The third kappa shape index (κ3) is 3.31. The van der Waals surface area contributed by atoms with Gasteiger partial charge >= 0.3 is 5.97 Å². The molecule has 0 amide bonds. The maximum absolute atomic E-state index is 12.9. The molecule has 0 spiro atoms. The summed E-state index contributed by atoms with van der Waals surface area (Å²) < 4.78 is 17.7. The Morgan fingerprint density at radius 1 is 1.56 bits per heavy atom. The number of benzene rings is 1. The molecule has 0 fully saturated rings. The second-order valence-electron chi connectivity index (χ2n) is 3.62. The highest BCUT2D eigenvalue weighted by Crippen LogP contribution is 2.19. The van der Waals surface area contributed by atoms with Crippen LogP contribution >= 0.6 is 0 Å². The maximum atomic E-state index is 12.9. The van der Waals surface area contributed by atoms with Crippen LogP contribution in [-0.4, -0.2) is 12.6 Å². The van der Waals surface area contributed by atoms with Gasteiger partial charge in [0.05, 0.1) is 13.0 Å². The summed E-state index contributed by atoms with van der Waals surface area (Å²) in [5, 5.41) is 0. The molecule has 0 bridgehead atoms. The molecule has 0 saturated heterocycles. The molecule has 2 N–H and O–H groups in total. The Morgan fingerprint density at radius 3 is 2.81 bits per heavy atom. The molecule has 0 heterocycles. The molecule has 0 radical (unpaired) electrons. The zero-order valence-corrected chi connectivity index (χ0v) is 9.50. The van der Waals surface area contributed by atoms with Crippen LogP contribution in [0.15, 0.2) is 18.2 Å². The fourth-order valence-electron chi connectivity index (χ4n) is 1.56. The summed E-state index contributed by atoms with van der Waals surface area (Å²) in [6, 6.07) is 3.90. The third-order valence-electron chi connectivity index (χ3n) is 2.32. The van der Waals surface area contributed by atoms with Crippen LogP contribution in [0.1, 0.15) is 30.5 Å². The van der Waals surface area contributed by atoms with E-state index in [1.807, 2.05) is 0 Å². The molecule has 0 saturated carbocycles. The molecule has 1 rings (SSSR count). The van der Waals surface area contributed by atoms with Gasteiger partial charge in [0, 0.05) is 6.04 Å². The minimum Gasteiger partial charge on any atom is -0.466 e. The molecular weight excluding hydrogens is 209 g/mol. The highest BCUT2D eigenvalue weighted by molar-refractivity contribution is 5.70. The largest absolute Gasteiger partial charge is 0.466 e. The van der Waals surface area contributed by atoms with Gasteiger partial charge in [-0.3, -0.25) is 4.79 Å². The second-order valence-corrected chi connectivity index (χ2v) is 3.62. The molecule has 1 aromatic carbocycles. The lowest BCUT2D eigenvalue weighted by Gasteiger charge is -2.13. The van der Waals surface area contributed by atoms with Crippen molar-refractivity contribution in [1.29, 1.82) is 0 Å². The number of esters is 1. The molecule has 88 valence electrons. The van der Waals surface area contributed by atoms with Crippen molar-refractivity contribution in [3.8, 4) is 0 Å². The SMILES string of the molecule is CCOC(=O)CC(N)c1ccc(F)cc1C. The van der Waals surface area contributed by atoms with Crippen molar-refractivity contribution < 1.29 is 13.9 Å². The van der Waals surface area contributed by atoms with E-state index >= 15 is 0 Å². The van der Waals surface area contributed by atoms with Gasteiger partial charge in [-0.05, 0) is 37.1 Å². The molecule has 1 atom stereocenters. The Bertz CT molecular complexity index is 379. The minimum atomic E-state index is -0.445. The van der Waals surface area contributed by atoms with E-state index in [0.717, 1.165) is 11.1 Å². The first-order valence-corrected chi connectivity index (χ1v) is 5.21. The molecule has 3 nitrogen and oxygen atoms in total. The number of hydrogen-bond acceptors (Lipinski definition) is 3. The molecule has 1 aromatic rings. The number of ether oxygens (including phenoxy) is 1. The van der Waals surface area contributed by atoms with E-state index < -0.39 is 6.04 Å². The fraction of sp³-hybridized carbons (Fsp3) is 0.417. The zero-order chi connectivity index (χ0) is 12.1. The van der Waals surface area contributed by atoms with Gasteiger partial charge < -0.3 is 10.5 Å². The average molecular weight is 225 g/mol. The molecule has 0 aliphatic rings. The van der Waals surface area contributed by atoms with Crippen LogP contribution in [0.5, 0.6) is 0 Å². The maximum Gasteiger partial charge on any atom is 0.307 e. The van der Waals surface area contributed by atoms with E-state index in [0.29, 0.717) is 6.61 Å². The normalized spacial score (nSPS) is 12.2. The Labute approximate surface area is 94.4 Å². The first kappa shape index (κ1) is 12.6. The summed E-state index contributed by atoms with van der Waals surface area (Å²) in [6.45, 7) is 3.85. The Morgan fingerprint density at radius 2 is 2.25 bits per heavy atom. The molecule has 4 heteroatoms. The number of nitrogens with two attached hydrogens (primary N) is 1. The number of hydrogen-bond donors (Lipinski definition) is 1. The number of halogens is 1. The Balaban J connectivity index is 2.72. The summed E-state index contributed by atoms with van der Waals surface area (Å²) in [6.07, 6.45) is 0.111. The van der Waals surface area contributed by atoms with E-state index in [1.165, 1.54) is 12.1 Å². The third-order valence-corrected chi connectivity index (χ3v) is 2.32. The minimum absolute atomic E-state index is 0.111. The van der Waals surface area contributed by atoms with Crippen LogP contribution in [0.2, 0.25) is 0 Å². The molecule has 0 aliphatic heterocycles. The zero-order valence-electron chi connectivity index (χ0n) is 9.50. The van der Waals surface area contributed by atoms with Crippen LogP contribution < -0.4 is 5.73 Å². The van der Waals surface area contributed by atoms with Crippen molar-refractivity contribution in [3.05, 3.63) is 35.1 Å². The summed E-state index contributed by atoms with van der Waals surface area (Å²) in [5.41, 5.74) is 7.37. The van der Waals surface area contributed by atoms with E-state index in [2.05, 4.69) is 0 Å². The standard InChI is InChI=1S/C12H16FNO2/c1-3-16-12(15)7-11(14)10-5-4-9(13)6-8(10)2/h4-6,11H,3,7,14H2,1-2H3. The highest BCUT2D eigenvalue weighted by atomic mass is 19.1. The highest BCUT2D eigenvalue weighted by Gasteiger charge is 2.14. The van der Waals surface area contributed by atoms with Gasteiger partial charge in [0.1, 0.15) is 5.82 Å². The predicted molar refractivity (Wildman–Crippen MR) is 59.3 cm³/mol. The van der Waals surface area contributed by atoms with E-state index in [9.17, 15) is 9.18 Å². The Kier molecular flexibility index (Phi) is 4.43. The fourth-order valence-corrected chi connectivity index (χ4v) is 1.56. The predicted octanol–water partition coefficient (Wildman–Crippen LogP) is 2.09. The van der Waals surface area contributed by atoms with Crippen LogP contribution in [0.4, 0.5) is 4.39 Å². The van der Waals surface area contributed by atoms with E-state index in [4.69, 9.17) is 10.5 Å². The number of aryl methyl sites for hydroxylation is 1. The van der Waals surface area contributed by atoms with Crippen molar-refractivity contribution in [3.63, 3.8) is 0 Å². The van der Waals surface area contributed by atoms with Crippen LogP contribution in [0.25, 0.3) is 0 Å². The quantitative estimate of drug-likeness (QED) is 0.798.